The third kappa shape index (κ3) is 5.21. The van der Waals surface area contributed by atoms with Crippen LogP contribution in [0, 0.1) is 6.92 Å². The number of carbonyl (C=O) groups is 2. The van der Waals surface area contributed by atoms with E-state index in [1.807, 2.05) is 84.6 Å². The highest BCUT2D eigenvalue weighted by atomic mass is 79.9. The van der Waals surface area contributed by atoms with E-state index in [1.54, 1.807) is 12.1 Å². The van der Waals surface area contributed by atoms with Crippen molar-refractivity contribution in [3.8, 4) is 11.3 Å². The molecule has 5 rings (SSSR count). The number of piperazine rings is 1. The monoisotopic (exact) mass is 543 g/mol. The zero-order valence-corrected chi connectivity index (χ0v) is 21.5. The number of nitrogens with one attached hydrogen (secondary N) is 1. The molecule has 2 heterocycles. The van der Waals surface area contributed by atoms with Gasteiger partial charge in [-0.15, -0.1) is 0 Å². The van der Waals surface area contributed by atoms with Gasteiger partial charge in [-0.3, -0.25) is 9.59 Å². The van der Waals surface area contributed by atoms with Crippen molar-refractivity contribution in [3.05, 3.63) is 106 Å². The van der Waals surface area contributed by atoms with Crippen LogP contribution in [0.1, 0.15) is 26.5 Å². The highest BCUT2D eigenvalue weighted by molar-refractivity contribution is 9.10. The zero-order valence-electron chi connectivity index (χ0n) is 19.9. The molecule has 0 atom stereocenters. The van der Waals surface area contributed by atoms with Gasteiger partial charge in [0.25, 0.3) is 11.8 Å². The second-order valence-corrected chi connectivity index (χ2v) is 9.68. The Labute approximate surface area is 218 Å². The molecule has 1 saturated heterocycles. The SMILES string of the molecule is Cc1ccccc1C(=O)N1CCN(c2ccc(NC(=O)c3ccc(-c4ccc(Br)cc4)o3)cc2)CC1. The molecular weight excluding hydrogens is 518 g/mol. The summed E-state index contributed by atoms with van der Waals surface area (Å²) in [5.74, 6) is 0.691. The van der Waals surface area contributed by atoms with Crippen molar-refractivity contribution in [1.29, 1.82) is 0 Å². The van der Waals surface area contributed by atoms with E-state index in [-0.39, 0.29) is 17.6 Å². The first kappa shape index (κ1) is 23.9. The highest BCUT2D eigenvalue weighted by Crippen LogP contribution is 2.25. The van der Waals surface area contributed by atoms with Crippen molar-refractivity contribution < 1.29 is 14.0 Å². The minimum atomic E-state index is -0.297. The lowest BCUT2D eigenvalue weighted by Crippen LogP contribution is -2.48. The lowest BCUT2D eigenvalue weighted by Gasteiger charge is -2.36. The van der Waals surface area contributed by atoms with Crippen LogP contribution >= 0.6 is 15.9 Å². The molecule has 1 aromatic heterocycles. The Kier molecular flexibility index (Phi) is 6.91. The van der Waals surface area contributed by atoms with Gasteiger partial charge in [-0.1, -0.05) is 46.3 Å². The quantitative estimate of drug-likeness (QED) is 0.324. The van der Waals surface area contributed by atoms with E-state index in [2.05, 4.69) is 26.1 Å². The van der Waals surface area contributed by atoms with E-state index in [4.69, 9.17) is 4.42 Å². The average molecular weight is 544 g/mol. The number of nitrogens with zero attached hydrogens (tertiary/aromatic N) is 2. The summed E-state index contributed by atoms with van der Waals surface area (Å²) >= 11 is 3.42. The molecule has 2 amide bonds. The normalized spacial score (nSPS) is 13.5. The largest absolute Gasteiger partial charge is 0.451 e. The number of hydrogen-bond acceptors (Lipinski definition) is 4. The van der Waals surface area contributed by atoms with Gasteiger partial charge in [-0.05, 0) is 67.1 Å². The summed E-state index contributed by atoms with van der Waals surface area (Å²) in [7, 11) is 0. The summed E-state index contributed by atoms with van der Waals surface area (Å²) in [5, 5.41) is 2.90. The fourth-order valence-electron chi connectivity index (χ4n) is 4.33. The molecule has 6 nitrogen and oxygen atoms in total. The minimum absolute atomic E-state index is 0.0898. The number of furan rings is 1. The molecule has 7 heteroatoms. The van der Waals surface area contributed by atoms with Crippen LogP contribution < -0.4 is 10.2 Å². The lowest BCUT2D eigenvalue weighted by molar-refractivity contribution is 0.0746. The molecule has 3 aromatic carbocycles. The van der Waals surface area contributed by atoms with E-state index in [0.717, 1.165) is 39.9 Å². The zero-order chi connectivity index (χ0) is 25.1. The molecule has 0 aliphatic carbocycles. The van der Waals surface area contributed by atoms with Crippen molar-refractivity contribution >= 4 is 39.1 Å². The Morgan fingerprint density at radius 1 is 0.833 bits per heavy atom. The summed E-state index contributed by atoms with van der Waals surface area (Å²) in [4.78, 5) is 29.7. The summed E-state index contributed by atoms with van der Waals surface area (Å²) in [5.41, 5.74) is 4.43. The summed E-state index contributed by atoms with van der Waals surface area (Å²) < 4.78 is 6.75. The standard InChI is InChI=1S/C29H26BrN3O3/c1-20-4-2-3-5-25(20)29(35)33-18-16-32(17-19-33)24-12-10-23(11-13-24)31-28(34)27-15-14-26(36-27)21-6-8-22(30)9-7-21/h2-15H,16-19H2,1H3,(H,31,34). The van der Waals surface area contributed by atoms with Gasteiger partial charge in [0.05, 0.1) is 0 Å². The lowest BCUT2D eigenvalue weighted by atomic mass is 10.1. The second-order valence-electron chi connectivity index (χ2n) is 8.77. The molecule has 0 bridgehead atoms. The average Bonchev–Trinajstić information content (AvgIpc) is 3.40. The number of rotatable bonds is 5. The summed E-state index contributed by atoms with van der Waals surface area (Å²) in [6, 6.07) is 26.7. The fourth-order valence-corrected chi connectivity index (χ4v) is 4.59. The van der Waals surface area contributed by atoms with E-state index in [1.165, 1.54) is 0 Å². The Hall–Kier alpha value is -3.84. The predicted octanol–water partition coefficient (Wildman–Crippen LogP) is 6.23. The second kappa shape index (κ2) is 10.4. The van der Waals surface area contributed by atoms with Gasteiger partial charge in [0.2, 0.25) is 0 Å². The van der Waals surface area contributed by atoms with Crippen LogP contribution in [-0.4, -0.2) is 42.9 Å². The summed E-state index contributed by atoms with van der Waals surface area (Å²) in [6.07, 6.45) is 0. The van der Waals surface area contributed by atoms with Crippen LogP contribution in [0.2, 0.25) is 0 Å². The number of carbonyl (C=O) groups excluding carboxylic acids is 2. The van der Waals surface area contributed by atoms with Gasteiger partial charge in [-0.25, -0.2) is 0 Å². The smallest absolute Gasteiger partial charge is 0.291 e. The molecule has 36 heavy (non-hydrogen) atoms. The van der Waals surface area contributed by atoms with Crippen LogP contribution in [-0.2, 0) is 0 Å². The van der Waals surface area contributed by atoms with Gasteiger partial charge in [-0.2, -0.15) is 0 Å². The molecular formula is C29H26BrN3O3. The molecule has 0 radical (unpaired) electrons. The van der Waals surface area contributed by atoms with E-state index < -0.39 is 0 Å². The first-order chi connectivity index (χ1) is 17.5. The van der Waals surface area contributed by atoms with Crippen molar-refractivity contribution in [2.75, 3.05) is 36.4 Å². The van der Waals surface area contributed by atoms with Gasteiger partial charge in [0, 0.05) is 53.2 Å². The first-order valence-corrected chi connectivity index (χ1v) is 12.6. The highest BCUT2D eigenvalue weighted by Gasteiger charge is 2.23. The van der Waals surface area contributed by atoms with Gasteiger partial charge in [0.15, 0.2) is 5.76 Å². The van der Waals surface area contributed by atoms with Crippen LogP contribution in [0.15, 0.2) is 93.8 Å². The molecule has 0 saturated carbocycles. The Bertz CT molecular complexity index is 1370. The molecule has 182 valence electrons. The number of amides is 2. The van der Waals surface area contributed by atoms with Crippen molar-refractivity contribution in [3.63, 3.8) is 0 Å². The maximum atomic E-state index is 12.9. The first-order valence-electron chi connectivity index (χ1n) is 11.8. The maximum Gasteiger partial charge on any atom is 0.291 e. The molecule has 4 aromatic rings. The van der Waals surface area contributed by atoms with E-state index >= 15 is 0 Å². The molecule has 1 N–H and O–H groups in total. The van der Waals surface area contributed by atoms with E-state index in [9.17, 15) is 9.59 Å². The number of aryl methyl sites for hydroxylation is 1. The van der Waals surface area contributed by atoms with Crippen molar-refractivity contribution in [1.82, 2.24) is 4.90 Å². The Morgan fingerprint density at radius 3 is 2.22 bits per heavy atom. The van der Waals surface area contributed by atoms with Crippen LogP contribution in [0.5, 0.6) is 0 Å². The molecule has 0 unspecified atom stereocenters. The minimum Gasteiger partial charge on any atom is -0.451 e. The third-order valence-corrected chi connectivity index (χ3v) is 6.92. The van der Waals surface area contributed by atoms with Crippen molar-refractivity contribution in [2.45, 2.75) is 6.92 Å². The van der Waals surface area contributed by atoms with Gasteiger partial charge < -0.3 is 19.5 Å². The van der Waals surface area contributed by atoms with Gasteiger partial charge >= 0.3 is 0 Å². The van der Waals surface area contributed by atoms with E-state index in [0.29, 0.717) is 24.5 Å². The molecule has 0 spiro atoms. The Balaban J connectivity index is 1.17. The number of benzene rings is 3. The van der Waals surface area contributed by atoms with Crippen molar-refractivity contribution in [2.24, 2.45) is 0 Å². The van der Waals surface area contributed by atoms with Crippen LogP contribution in [0.25, 0.3) is 11.3 Å². The predicted molar refractivity (Wildman–Crippen MR) is 146 cm³/mol. The number of halogens is 1. The topological polar surface area (TPSA) is 65.8 Å². The summed E-state index contributed by atoms with van der Waals surface area (Å²) in [6.45, 7) is 4.83. The Morgan fingerprint density at radius 2 is 1.53 bits per heavy atom. The fraction of sp³-hybridized carbons (Fsp3) is 0.172. The van der Waals surface area contributed by atoms with Crippen LogP contribution in [0.4, 0.5) is 11.4 Å². The molecule has 1 aliphatic heterocycles. The maximum absolute atomic E-state index is 12.9. The molecule has 1 fully saturated rings. The number of anilines is 2. The molecule has 1 aliphatic rings. The third-order valence-electron chi connectivity index (χ3n) is 6.39. The van der Waals surface area contributed by atoms with Gasteiger partial charge in [0.1, 0.15) is 5.76 Å². The number of hydrogen-bond donors (Lipinski definition) is 1. The van der Waals surface area contributed by atoms with Crippen LogP contribution in [0.3, 0.4) is 0 Å².